The molecule has 0 saturated carbocycles. The van der Waals surface area contributed by atoms with E-state index in [0.717, 1.165) is 5.69 Å². The zero-order chi connectivity index (χ0) is 24.0. The van der Waals surface area contributed by atoms with Crippen molar-refractivity contribution in [1.29, 1.82) is 5.41 Å². The molecule has 9 nitrogen and oxygen atoms in total. The van der Waals surface area contributed by atoms with Crippen LogP contribution in [-0.2, 0) is 11.3 Å². The minimum atomic E-state index is -1.09. The van der Waals surface area contributed by atoms with Crippen molar-refractivity contribution < 1.29 is 19.4 Å². The number of aryl methyl sites for hydroxylation is 1. The molecule has 0 aliphatic rings. The highest BCUT2D eigenvalue weighted by molar-refractivity contribution is 6.31. The molecule has 2 aromatic carbocycles. The maximum absolute atomic E-state index is 12.9. The number of rotatable bonds is 9. The lowest BCUT2D eigenvalue weighted by Crippen LogP contribution is -2.16. The number of nitrogens with two attached hydrogens (primary N) is 1. The Morgan fingerprint density at radius 2 is 1.88 bits per heavy atom. The van der Waals surface area contributed by atoms with Crippen molar-refractivity contribution in [2.45, 2.75) is 13.5 Å². The summed E-state index contributed by atoms with van der Waals surface area (Å²) in [6.45, 7) is 1.50. The number of halogens is 1. The van der Waals surface area contributed by atoms with Gasteiger partial charge in [-0.15, -0.1) is 0 Å². The van der Waals surface area contributed by atoms with Crippen LogP contribution in [0.1, 0.15) is 27.3 Å². The fourth-order valence-electron chi connectivity index (χ4n) is 2.96. The first-order chi connectivity index (χ1) is 15.7. The van der Waals surface area contributed by atoms with Crippen LogP contribution in [0.3, 0.4) is 0 Å². The molecular weight excluding hydrogens is 446 g/mol. The first kappa shape index (κ1) is 23.6. The molecule has 0 unspecified atom stereocenters. The zero-order valence-electron chi connectivity index (χ0n) is 17.7. The van der Waals surface area contributed by atoms with Gasteiger partial charge < -0.3 is 26.2 Å². The summed E-state index contributed by atoms with van der Waals surface area (Å²) in [4.78, 5) is 28.2. The molecule has 1 amide bonds. The summed E-state index contributed by atoms with van der Waals surface area (Å²) in [5.41, 5.74) is 8.57. The Morgan fingerprint density at radius 1 is 1.15 bits per heavy atom. The van der Waals surface area contributed by atoms with Crippen LogP contribution in [0.5, 0.6) is 5.75 Å². The highest BCUT2D eigenvalue weighted by atomic mass is 35.5. The standard InChI is InChI=1S/C23H22ClN5O4/c1-13-2-9-20(33-12-21(30)31)19(28-13)11-27-18-8-5-15(24)10-17(18)23(32)29-16-6-3-14(4-7-16)22(25)26/h2-10,27H,11-12H2,1H3,(H3,25,26)(H,29,32)(H,30,31). The lowest BCUT2D eigenvalue weighted by molar-refractivity contribution is -0.139. The van der Waals surface area contributed by atoms with E-state index in [1.54, 1.807) is 48.5 Å². The van der Waals surface area contributed by atoms with Crippen molar-refractivity contribution in [2.24, 2.45) is 5.73 Å². The molecule has 170 valence electrons. The van der Waals surface area contributed by atoms with Crippen LogP contribution >= 0.6 is 11.6 Å². The van der Waals surface area contributed by atoms with Crippen molar-refractivity contribution >= 4 is 40.7 Å². The largest absolute Gasteiger partial charge is 0.480 e. The van der Waals surface area contributed by atoms with Gasteiger partial charge in [-0.1, -0.05) is 11.6 Å². The third kappa shape index (κ3) is 6.44. The van der Waals surface area contributed by atoms with Gasteiger partial charge in [0, 0.05) is 27.7 Å². The third-order valence-electron chi connectivity index (χ3n) is 4.55. The second kappa shape index (κ2) is 10.5. The third-order valence-corrected chi connectivity index (χ3v) is 4.78. The molecule has 0 spiro atoms. The lowest BCUT2D eigenvalue weighted by Gasteiger charge is -2.15. The number of hydrogen-bond acceptors (Lipinski definition) is 6. The van der Waals surface area contributed by atoms with Crippen LogP contribution in [0.15, 0.2) is 54.6 Å². The molecule has 0 aliphatic carbocycles. The molecule has 0 fully saturated rings. The van der Waals surface area contributed by atoms with Gasteiger partial charge in [0.1, 0.15) is 17.3 Å². The van der Waals surface area contributed by atoms with Crippen LogP contribution < -0.4 is 21.1 Å². The number of amidine groups is 1. The molecular formula is C23H22ClN5O4. The number of nitrogen functional groups attached to an aromatic ring is 1. The fourth-order valence-corrected chi connectivity index (χ4v) is 3.14. The Balaban J connectivity index is 1.79. The average molecular weight is 468 g/mol. The fraction of sp³-hybridized carbons (Fsp3) is 0.130. The summed E-state index contributed by atoms with van der Waals surface area (Å²) in [7, 11) is 0. The molecule has 0 bridgehead atoms. The number of hydrogen-bond donors (Lipinski definition) is 5. The van der Waals surface area contributed by atoms with Gasteiger partial charge >= 0.3 is 5.97 Å². The predicted molar refractivity (Wildman–Crippen MR) is 126 cm³/mol. The number of ether oxygens (including phenoxy) is 1. The minimum absolute atomic E-state index is 0.0642. The van der Waals surface area contributed by atoms with Crippen LogP contribution in [0.2, 0.25) is 5.02 Å². The van der Waals surface area contributed by atoms with E-state index in [2.05, 4.69) is 15.6 Å². The summed E-state index contributed by atoms with van der Waals surface area (Å²) in [5.74, 6) is -1.22. The van der Waals surface area contributed by atoms with Crippen molar-refractivity contribution in [3.63, 3.8) is 0 Å². The second-order valence-electron chi connectivity index (χ2n) is 7.07. The number of nitrogens with one attached hydrogen (secondary N) is 3. The van der Waals surface area contributed by atoms with E-state index in [1.165, 1.54) is 6.07 Å². The van der Waals surface area contributed by atoms with Crippen molar-refractivity contribution in [3.05, 3.63) is 82.1 Å². The maximum Gasteiger partial charge on any atom is 0.341 e. The quantitative estimate of drug-likeness (QED) is 0.238. The Hall–Kier alpha value is -4.11. The molecule has 3 aromatic rings. The Bertz CT molecular complexity index is 1200. The Labute approximate surface area is 195 Å². The Morgan fingerprint density at radius 3 is 2.55 bits per heavy atom. The second-order valence-corrected chi connectivity index (χ2v) is 7.50. The summed E-state index contributed by atoms with van der Waals surface area (Å²) < 4.78 is 5.32. The molecule has 3 rings (SSSR count). The first-order valence-corrected chi connectivity index (χ1v) is 10.2. The normalized spacial score (nSPS) is 10.4. The predicted octanol–water partition coefficient (Wildman–Crippen LogP) is 3.66. The number of aromatic nitrogens is 1. The number of carbonyl (C=O) groups excluding carboxylic acids is 1. The minimum Gasteiger partial charge on any atom is -0.480 e. The van der Waals surface area contributed by atoms with Crippen molar-refractivity contribution in [3.8, 4) is 5.75 Å². The van der Waals surface area contributed by atoms with Gasteiger partial charge in [-0.25, -0.2) is 4.79 Å². The van der Waals surface area contributed by atoms with E-state index < -0.39 is 18.5 Å². The molecule has 0 saturated heterocycles. The number of pyridine rings is 1. The number of amides is 1. The van der Waals surface area contributed by atoms with E-state index in [9.17, 15) is 9.59 Å². The van der Waals surface area contributed by atoms with Crippen LogP contribution in [-0.4, -0.2) is 34.4 Å². The Kier molecular flexibility index (Phi) is 7.47. The number of nitrogens with zero attached hydrogens (tertiary/aromatic N) is 1. The van der Waals surface area contributed by atoms with Crippen molar-refractivity contribution in [2.75, 3.05) is 17.2 Å². The number of carboxylic acid groups (broad SMARTS) is 1. The molecule has 1 heterocycles. The highest BCUT2D eigenvalue weighted by Crippen LogP contribution is 2.24. The number of carboxylic acids is 1. The molecule has 10 heteroatoms. The summed E-state index contributed by atoms with van der Waals surface area (Å²) in [6.07, 6.45) is 0. The summed E-state index contributed by atoms with van der Waals surface area (Å²) >= 11 is 6.12. The van der Waals surface area contributed by atoms with Crippen molar-refractivity contribution in [1.82, 2.24) is 4.98 Å². The molecule has 33 heavy (non-hydrogen) atoms. The van der Waals surface area contributed by atoms with E-state index in [1.807, 2.05) is 6.92 Å². The molecule has 1 aromatic heterocycles. The zero-order valence-corrected chi connectivity index (χ0v) is 18.4. The van der Waals surface area contributed by atoms with Gasteiger partial charge in [-0.2, -0.15) is 0 Å². The number of benzene rings is 2. The van der Waals surface area contributed by atoms with E-state index >= 15 is 0 Å². The van der Waals surface area contributed by atoms with Crippen LogP contribution in [0.4, 0.5) is 11.4 Å². The van der Waals surface area contributed by atoms with Crippen LogP contribution in [0, 0.1) is 12.3 Å². The van der Waals surface area contributed by atoms with E-state index in [0.29, 0.717) is 39.0 Å². The van der Waals surface area contributed by atoms with Gasteiger partial charge in [-0.05, 0) is 61.5 Å². The van der Waals surface area contributed by atoms with Gasteiger partial charge in [0.15, 0.2) is 6.61 Å². The first-order valence-electron chi connectivity index (χ1n) is 9.83. The summed E-state index contributed by atoms with van der Waals surface area (Å²) in [5, 5.41) is 22.7. The molecule has 0 radical (unpaired) electrons. The lowest BCUT2D eigenvalue weighted by atomic mass is 10.1. The van der Waals surface area contributed by atoms with Gasteiger partial charge in [-0.3, -0.25) is 15.2 Å². The van der Waals surface area contributed by atoms with E-state index in [-0.39, 0.29) is 12.4 Å². The SMILES string of the molecule is Cc1ccc(OCC(=O)O)c(CNc2ccc(Cl)cc2C(=O)Nc2ccc(C(=N)N)cc2)n1. The summed E-state index contributed by atoms with van der Waals surface area (Å²) in [6, 6.07) is 14.8. The average Bonchev–Trinajstić information content (AvgIpc) is 2.77. The van der Waals surface area contributed by atoms with Gasteiger partial charge in [0.2, 0.25) is 0 Å². The topological polar surface area (TPSA) is 150 Å². The molecule has 0 atom stereocenters. The highest BCUT2D eigenvalue weighted by Gasteiger charge is 2.15. The van der Waals surface area contributed by atoms with E-state index in [4.69, 9.17) is 32.6 Å². The van der Waals surface area contributed by atoms with Crippen LogP contribution in [0.25, 0.3) is 0 Å². The molecule has 6 N–H and O–H groups in total. The number of aliphatic carboxylic acids is 1. The maximum atomic E-state index is 12.9. The number of anilines is 2. The molecule has 0 aliphatic heterocycles. The number of carbonyl (C=O) groups is 2. The smallest absolute Gasteiger partial charge is 0.341 e. The van der Waals surface area contributed by atoms with Gasteiger partial charge in [0.05, 0.1) is 12.1 Å². The van der Waals surface area contributed by atoms with Gasteiger partial charge in [0.25, 0.3) is 5.91 Å². The monoisotopic (exact) mass is 467 g/mol.